The Morgan fingerprint density at radius 2 is 1.69 bits per heavy atom. The number of nitrogens with one attached hydrogen (secondary N) is 4. The van der Waals surface area contributed by atoms with Crippen molar-refractivity contribution in [3.63, 3.8) is 0 Å². The third kappa shape index (κ3) is 8.15. The molecule has 1 aromatic carbocycles. The van der Waals surface area contributed by atoms with Gasteiger partial charge in [-0.15, -0.1) is 0 Å². The fraction of sp³-hybridized carbons (Fsp3) is 0.438. The number of carbonyl (C=O) groups excluding carboxylic acids is 3. The van der Waals surface area contributed by atoms with E-state index in [1.54, 1.807) is 19.2 Å². The van der Waals surface area contributed by atoms with Crippen molar-refractivity contribution in [2.75, 3.05) is 52.4 Å². The first kappa shape index (κ1) is 21.7. The lowest BCUT2D eigenvalue weighted by molar-refractivity contribution is -0.118. The number of benzene rings is 1. The summed E-state index contributed by atoms with van der Waals surface area (Å²) in [5.74, 6) is -0.832. The molecule has 0 saturated heterocycles. The molecular weight excluding hydrogens is 364 g/mol. The van der Waals surface area contributed by atoms with Gasteiger partial charge in [0.1, 0.15) is 0 Å². The minimum Gasteiger partial charge on any atom is -0.383 e. The number of carbonyl (C=O) groups is 3. The van der Waals surface area contributed by atoms with Crippen LogP contribution < -0.4 is 21.3 Å². The van der Waals surface area contributed by atoms with Crippen LogP contribution in [0.5, 0.6) is 0 Å². The lowest BCUT2D eigenvalue weighted by atomic mass is 10.2. The second-order valence-electron chi connectivity index (χ2n) is 5.09. The number of ether oxygens (including phenoxy) is 2. The zero-order chi connectivity index (χ0) is 19.4. The van der Waals surface area contributed by atoms with Gasteiger partial charge in [0.15, 0.2) is 0 Å². The molecule has 0 atom stereocenters. The van der Waals surface area contributed by atoms with Gasteiger partial charge in [0.05, 0.1) is 30.3 Å². The summed E-state index contributed by atoms with van der Waals surface area (Å²) in [6, 6.07) is 4.08. The van der Waals surface area contributed by atoms with E-state index in [9.17, 15) is 14.4 Å². The van der Waals surface area contributed by atoms with E-state index < -0.39 is 11.9 Å². The van der Waals surface area contributed by atoms with Crippen LogP contribution in [0.3, 0.4) is 0 Å². The molecule has 0 aliphatic heterocycles. The molecule has 0 spiro atoms. The average molecular weight is 387 g/mol. The molecule has 0 heterocycles. The molecule has 0 bridgehead atoms. The molecule has 1 aromatic rings. The van der Waals surface area contributed by atoms with Gasteiger partial charge in [-0.05, 0) is 18.2 Å². The molecule has 4 N–H and O–H groups in total. The molecule has 144 valence electrons. The zero-order valence-electron chi connectivity index (χ0n) is 14.7. The molecular formula is C16H23ClN4O5. The summed E-state index contributed by atoms with van der Waals surface area (Å²) in [4.78, 5) is 35.1. The minimum absolute atomic E-state index is 0.132. The first-order chi connectivity index (χ1) is 12.5. The van der Waals surface area contributed by atoms with E-state index in [-0.39, 0.29) is 17.5 Å². The van der Waals surface area contributed by atoms with Gasteiger partial charge in [-0.25, -0.2) is 4.79 Å². The van der Waals surface area contributed by atoms with Crippen molar-refractivity contribution in [3.8, 4) is 0 Å². The lowest BCUT2D eigenvalue weighted by Gasteiger charge is -2.10. The Labute approximate surface area is 156 Å². The highest BCUT2D eigenvalue weighted by atomic mass is 35.5. The van der Waals surface area contributed by atoms with Crippen molar-refractivity contribution in [3.05, 3.63) is 28.8 Å². The van der Waals surface area contributed by atoms with Gasteiger partial charge in [-0.1, -0.05) is 11.6 Å². The summed E-state index contributed by atoms with van der Waals surface area (Å²) in [6.45, 7) is 1.29. The number of halogens is 1. The predicted molar refractivity (Wildman–Crippen MR) is 97.6 cm³/mol. The first-order valence-corrected chi connectivity index (χ1v) is 8.23. The Hall–Kier alpha value is -2.36. The Bertz CT molecular complexity index is 627. The van der Waals surface area contributed by atoms with E-state index >= 15 is 0 Å². The van der Waals surface area contributed by atoms with Crippen LogP contribution in [0.25, 0.3) is 0 Å². The maximum Gasteiger partial charge on any atom is 0.321 e. The maximum absolute atomic E-state index is 12.0. The van der Waals surface area contributed by atoms with E-state index in [0.29, 0.717) is 37.6 Å². The first-order valence-electron chi connectivity index (χ1n) is 7.85. The monoisotopic (exact) mass is 386 g/mol. The highest BCUT2D eigenvalue weighted by Crippen LogP contribution is 2.20. The molecule has 4 amide bonds. The van der Waals surface area contributed by atoms with Crippen molar-refractivity contribution >= 4 is 35.1 Å². The largest absolute Gasteiger partial charge is 0.383 e. The molecule has 0 aliphatic rings. The average Bonchev–Trinajstić information content (AvgIpc) is 2.60. The van der Waals surface area contributed by atoms with Crippen molar-refractivity contribution < 1.29 is 23.9 Å². The number of imide groups is 1. The number of hydrogen-bond acceptors (Lipinski definition) is 6. The van der Waals surface area contributed by atoms with Crippen molar-refractivity contribution in [1.82, 2.24) is 16.0 Å². The summed E-state index contributed by atoms with van der Waals surface area (Å²) < 4.78 is 9.64. The summed E-state index contributed by atoms with van der Waals surface area (Å²) in [5, 5.41) is 10.4. The minimum atomic E-state index is -0.602. The number of anilines is 1. The molecule has 10 heteroatoms. The summed E-state index contributed by atoms with van der Waals surface area (Å²) in [7, 11) is 3.05. The highest BCUT2D eigenvalue weighted by Gasteiger charge is 2.11. The number of urea groups is 1. The summed E-state index contributed by atoms with van der Waals surface area (Å²) in [5.41, 5.74) is 0.855. The fourth-order valence-corrected chi connectivity index (χ4v) is 2.10. The Morgan fingerprint density at radius 1 is 1.04 bits per heavy atom. The van der Waals surface area contributed by atoms with Crippen LogP contribution in [0.1, 0.15) is 10.4 Å². The van der Waals surface area contributed by atoms with Gasteiger partial charge in [0.25, 0.3) is 5.91 Å². The number of hydrogen-bond donors (Lipinski definition) is 4. The molecule has 0 aromatic heterocycles. The Balaban J connectivity index is 2.46. The van der Waals surface area contributed by atoms with Gasteiger partial charge in [-0.3, -0.25) is 14.9 Å². The van der Waals surface area contributed by atoms with Gasteiger partial charge < -0.3 is 25.4 Å². The molecule has 0 radical (unpaired) electrons. The third-order valence-electron chi connectivity index (χ3n) is 3.10. The second kappa shape index (κ2) is 12.1. The SMILES string of the molecule is COCCNC(=O)NC(=O)CNc1ccc(C(=O)NCCOC)c(Cl)c1. The van der Waals surface area contributed by atoms with Crippen molar-refractivity contribution in [2.45, 2.75) is 0 Å². The van der Waals surface area contributed by atoms with Gasteiger partial charge in [-0.2, -0.15) is 0 Å². The normalized spacial score (nSPS) is 10.1. The summed E-state index contributed by atoms with van der Waals surface area (Å²) >= 11 is 6.10. The number of amides is 4. The van der Waals surface area contributed by atoms with Gasteiger partial charge in [0, 0.05) is 33.0 Å². The molecule has 9 nitrogen and oxygen atoms in total. The third-order valence-corrected chi connectivity index (χ3v) is 3.42. The van der Waals surface area contributed by atoms with Gasteiger partial charge in [0.2, 0.25) is 5.91 Å². The predicted octanol–water partition coefficient (Wildman–Crippen LogP) is 0.600. The van der Waals surface area contributed by atoms with Crippen LogP contribution in [0.2, 0.25) is 5.02 Å². The van der Waals surface area contributed by atoms with Crippen LogP contribution >= 0.6 is 11.6 Å². The maximum atomic E-state index is 12.0. The summed E-state index contributed by atoms with van der Waals surface area (Å²) in [6.07, 6.45) is 0. The van der Waals surface area contributed by atoms with Crippen LogP contribution in [0.4, 0.5) is 10.5 Å². The highest BCUT2D eigenvalue weighted by molar-refractivity contribution is 6.34. The van der Waals surface area contributed by atoms with E-state index in [1.165, 1.54) is 13.2 Å². The Kier molecular flexibility index (Phi) is 10.1. The Morgan fingerprint density at radius 3 is 2.31 bits per heavy atom. The van der Waals surface area contributed by atoms with E-state index in [2.05, 4.69) is 21.3 Å². The zero-order valence-corrected chi connectivity index (χ0v) is 15.4. The molecule has 0 unspecified atom stereocenters. The van der Waals surface area contributed by atoms with Crippen LogP contribution in [0.15, 0.2) is 18.2 Å². The number of rotatable bonds is 10. The lowest BCUT2D eigenvalue weighted by Crippen LogP contribution is -2.42. The molecule has 0 aliphatic carbocycles. The van der Waals surface area contributed by atoms with E-state index in [4.69, 9.17) is 21.1 Å². The fourth-order valence-electron chi connectivity index (χ4n) is 1.84. The second-order valence-corrected chi connectivity index (χ2v) is 5.50. The van der Waals surface area contributed by atoms with E-state index in [0.717, 1.165) is 0 Å². The number of methoxy groups -OCH3 is 2. The quantitative estimate of drug-likeness (QED) is 0.437. The molecule has 26 heavy (non-hydrogen) atoms. The van der Waals surface area contributed by atoms with Crippen molar-refractivity contribution in [1.29, 1.82) is 0 Å². The van der Waals surface area contributed by atoms with E-state index in [1.807, 2.05) is 0 Å². The van der Waals surface area contributed by atoms with Crippen molar-refractivity contribution in [2.24, 2.45) is 0 Å². The van der Waals surface area contributed by atoms with Gasteiger partial charge >= 0.3 is 6.03 Å². The van der Waals surface area contributed by atoms with Crippen LogP contribution in [0, 0.1) is 0 Å². The molecule has 1 rings (SSSR count). The topological polar surface area (TPSA) is 118 Å². The molecule has 0 saturated carbocycles. The van der Waals surface area contributed by atoms with Crippen LogP contribution in [-0.4, -0.2) is 64.9 Å². The van der Waals surface area contributed by atoms with Crippen LogP contribution in [-0.2, 0) is 14.3 Å². The molecule has 0 fully saturated rings. The smallest absolute Gasteiger partial charge is 0.321 e. The standard InChI is InChI=1S/C16H23ClN4O5/c1-25-7-5-18-15(23)12-4-3-11(9-13(12)17)20-10-14(22)21-16(24)19-6-8-26-2/h3-4,9,20H,5-8,10H2,1-2H3,(H,18,23)(H2,19,21,22,24).